The second-order valence-corrected chi connectivity index (χ2v) is 7.24. The van der Waals surface area contributed by atoms with Crippen molar-refractivity contribution in [1.29, 1.82) is 0 Å². The molecule has 0 aliphatic heterocycles. The van der Waals surface area contributed by atoms with Crippen molar-refractivity contribution < 1.29 is 18.0 Å². The van der Waals surface area contributed by atoms with E-state index in [-0.39, 0.29) is 16.5 Å². The summed E-state index contributed by atoms with van der Waals surface area (Å²) in [5.41, 5.74) is -0.770. The molecule has 0 radical (unpaired) electrons. The number of halogens is 5. The highest BCUT2D eigenvalue weighted by molar-refractivity contribution is 6.31. The van der Waals surface area contributed by atoms with E-state index < -0.39 is 23.3 Å². The molecule has 0 spiro atoms. The lowest BCUT2D eigenvalue weighted by molar-refractivity contribution is -0.143. The molecule has 4 aromatic rings. The number of aryl methyl sites for hydroxylation is 1. The minimum absolute atomic E-state index is 0.0604. The van der Waals surface area contributed by atoms with Crippen molar-refractivity contribution in [2.75, 3.05) is 5.32 Å². The molecular formula is C19H13Cl2F3N6O. The second kappa shape index (κ2) is 7.86. The Bertz CT molecular complexity index is 1300. The molecule has 0 saturated heterocycles. The van der Waals surface area contributed by atoms with Crippen molar-refractivity contribution in [2.45, 2.75) is 19.5 Å². The Balaban J connectivity index is 1.78. The number of aromatic nitrogens is 5. The number of hydrogen-bond donors (Lipinski definition) is 1. The highest BCUT2D eigenvalue weighted by atomic mass is 35.5. The van der Waals surface area contributed by atoms with Gasteiger partial charge in [-0.3, -0.25) is 9.78 Å². The minimum atomic E-state index is -4.87. The van der Waals surface area contributed by atoms with E-state index in [1.165, 1.54) is 41.2 Å². The predicted octanol–water partition coefficient (Wildman–Crippen LogP) is 5.06. The Kier molecular flexibility index (Phi) is 5.36. The molecular weight excluding hydrogens is 456 g/mol. The summed E-state index contributed by atoms with van der Waals surface area (Å²) < 4.78 is 43.8. The van der Waals surface area contributed by atoms with Crippen molar-refractivity contribution in [3.05, 3.63) is 70.0 Å². The third-order valence-electron chi connectivity index (χ3n) is 4.51. The molecule has 1 amide bonds. The molecule has 1 N–H and O–H groups in total. The molecule has 12 heteroatoms. The largest absolute Gasteiger partial charge is 0.434 e. The monoisotopic (exact) mass is 468 g/mol. The molecule has 4 rings (SSSR count). The SMILES string of the molecule is CCc1ncc(NC(=O)c2cnn(-c3ccc(Cl)n4nccc34)c2C(F)(F)F)cc1Cl. The maximum atomic E-state index is 14.0. The van der Waals surface area contributed by atoms with Gasteiger partial charge in [-0.15, -0.1) is 0 Å². The van der Waals surface area contributed by atoms with E-state index in [9.17, 15) is 18.0 Å². The fraction of sp³-hybridized carbons (Fsp3) is 0.158. The first-order valence-electron chi connectivity index (χ1n) is 8.94. The van der Waals surface area contributed by atoms with E-state index in [4.69, 9.17) is 23.2 Å². The van der Waals surface area contributed by atoms with Gasteiger partial charge in [0.25, 0.3) is 5.91 Å². The summed E-state index contributed by atoms with van der Waals surface area (Å²) in [6.07, 6.45) is -0.722. The van der Waals surface area contributed by atoms with Crippen LogP contribution >= 0.6 is 23.2 Å². The quantitative estimate of drug-likeness (QED) is 0.425. The summed E-state index contributed by atoms with van der Waals surface area (Å²) in [5.74, 6) is -1.00. The molecule has 0 fully saturated rings. The molecule has 0 aromatic carbocycles. The van der Waals surface area contributed by atoms with Crippen molar-refractivity contribution >= 4 is 40.3 Å². The van der Waals surface area contributed by atoms with Crippen LogP contribution in [0.25, 0.3) is 11.2 Å². The maximum Gasteiger partial charge on any atom is 0.434 e. The van der Waals surface area contributed by atoms with Crippen LogP contribution in [0.1, 0.15) is 28.7 Å². The van der Waals surface area contributed by atoms with Gasteiger partial charge in [0, 0.05) is 0 Å². The number of alkyl halides is 3. The van der Waals surface area contributed by atoms with Gasteiger partial charge in [0.1, 0.15) is 5.15 Å². The minimum Gasteiger partial charge on any atom is -0.320 e. The van der Waals surface area contributed by atoms with Crippen LogP contribution in [0.15, 0.2) is 42.9 Å². The first-order chi connectivity index (χ1) is 14.7. The fourth-order valence-corrected chi connectivity index (χ4v) is 3.61. The van der Waals surface area contributed by atoms with Gasteiger partial charge >= 0.3 is 6.18 Å². The van der Waals surface area contributed by atoms with E-state index in [1.807, 2.05) is 6.92 Å². The van der Waals surface area contributed by atoms with Gasteiger partial charge in [-0.1, -0.05) is 30.1 Å². The lowest BCUT2D eigenvalue weighted by Gasteiger charge is -2.14. The van der Waals surface area contributed by atoms with E-state index in [1.54, 1.807) is 0 Å². The van der Waals surface area contributed by atoms with E-state index in [0.717, 1.165) is 6.20 Å². The predicted molar refractivity (Wildman–Crippen MR) is 109 cm³/mol. The second-order valence-electron chi connectivity index (χ2n) is 6.45. The van der Waals surface area contributed by atoms with Crippen LogP contribution in [0.4, 0.5) is 18.9 Å². The number of nitrogens with zero attached hydrogens (tertiary/aromatic N) is 5. The highest BCUT2D eigenvalue weighted by Gasteiger charge is 2.41. The van der Waals surface area contributed by atoms with Crippen LogP contribution in [-0.4, -0.2) is 30.3 Å². The molecule has 4 heterocycles. The molecule has 0 aliphatic rings. The Morgan fingerprint density at radius 2 is 1.94 bits per heavy atom. The molecule has 31 heavy (non-hydrogen) atoms. The van der Waals surface area contributed by atoms with Crippen LogP contribution in [0.5, 0.6) is 0 Å². The number of hydrogen-bond acceptors (Lipinski definition) is 4. The zero-order chi connectivity index (χ0) is 22.3. The topological polar surface area (TPSA) is 77.1 Å². The smallest absolute Gasteiger partial charge is 0.320 e. The summed E-state index contributed by atoms with van der Waals surface area (Å²) in [7, 11) is 0. The van der Waals surface area contributed by atoms with Crippen LogP contribution in [0.2, 0.25) is 10.2 Å². The number of anilines is 1. The average molecular weight is 469 g/mol. The van der Waals surface area contributed by atoms with Crippen molar-refractivity contribution in [2.24, 2.45) is 0 Å². The number of amides is 1. The van der Waals surface area contributed by atoms with E-state index in [2.05, 4.69) is 20.5 Å². The highest BCUT2D eigenvalue weighted by Crippen LogP contribution is 2.35. The number of fused-ring (bicyclic) bond motifs is 1. The van der Waals surface area contributed by atoms with Gasteiger partial charge in [-0.2, -0.15) is 23.4 Å². The summed E-state index contributed by atoms with van der Waals surface area (Å²) in [4.78, 5) is 16.8. The Morgan fingerprint density at radius 1 is 1.16 bits per heavy atom. The first kappa shape index (κ1) is 21.1. The van der Waals surface area contributed by atoms with E-state index >= 15 is 0 Å². The van der Waals surface area contributed by atoms with Gasteiger partial charge in [0.15, 0.2) is 5.69 Å². The third-order valence-corrected chi connectivity index (χ3v) is 5.12. The van der Waals surface area contributed by atoms with Crippen molar-refractivity contribution in [3.8, 4) is 5.69 Å². The Hall–Kier alpha value is -3.11. The summed E-state index contributed by atoms with van der Waals surface area (Å²) in [6.45, 7) is 1.85. The molecule has 0 saturated carbocycles. The first-order valence-corrected chi connectivity index (χ1v) is 9.70. The summed E-state index contributed by atoms with van der Waals surface area (Å²) in [6, 6.07) is 5.68. The number of pyridine rings is 2. The zero-order valence-corrected chi connectivity index (χ0v) is 17.3. The Morgan fingerprint density at radius 3 is 2.61 bits per heavy atom. The van der Waals surface area contributed by atoms with Gasteiger partial charge in [0.05, 0.1) is 51.8 Å². The average Bonchev–Trinajstić information content (AvgIpc) is 3.36. The van der Waals surface area contributed by atoms with Gasteiger partial charge < -0.3 is 5.32 Å². The van der Waals surface area contributed by atoms with Gasteiger partial charge in [-0.05, 0) is 30.7 Å². The number of carbonyl (C=O) groups excluding carboxylic acids is 1. The van der Waals surface area contributed by atoms with E-state index in [0.29, 0.717) is 27.3 Å². The van der Waals surface area contributed by atoms with Crippen LogP contribution in [0.3, 0.4) is 0 Å². The lowest BCUT2D eigenvalue weighted by atomic mass is 10.2. The number of nitrogens with one attached hydrogen (secondary N) is 1. The third kappa shape index (κ3) is 3.84. The molecule has 7 nitrogen and oxygen atoms in total. The molecule has 0 bridgehead atoms. The molecule has 160 valence electrons. The number of rotatable bonds is 4. The normalized spacial score (nSPS) is 11.8. The van der Waals surface area contributed by atoms with Gasteiger partial charge in [-0.25, -0.2) is 9.20 Å². The van der Waals surface area contributed by atoms with Crippen molar-refractivity contribution in [1.82, 2.24) is 24.4 Å². The Labute approximate surface area is 183 Å². The molecule has 0 unspecified atom stereocenters. The van der Waals surface area contributed by atoms with Crippen LogP contribution in [0, 0.1) is 0 Å². The maximum absolute atomic E-state index is 14.0. The number of carbonyl (C=O) groups is 1. The van der Waals surface area contributed by atoms with Crippen LogP contribution in [-0.2, 0) is 12.6 Å². The zero-order valence-electron chi connectivity index (χ0n) is 15.8. The lowest BCUT2D eigenvalue weighted by Crippen LogP contribution is -2.21. The van der Waals surface area contributed by atoms with Crippen molar-refractivity contribution in [3.63, 3.8) is 0 Å². The molecule has 0 aliphatic carbocycles. The standard InChI is InChI=1S/C19H13Cl2F3N6O/c1-2-13-12(20)7-10(8-25-13)28-18(31)11-9-27-30(17(11)19(22,23)24)14-3-4-16(21)29-15(14)5-6-26-29/h3-9H,2H2,1H3,(H,28,31). The fourth-order valence-electron chi connectivity index (χ4n) is 3.11. The van der Waals surface area contributed by atoms with Gasteiger partial charge in [0.2, 0.25) is 0 Å². The molecule has 4 aromatic heterocycles. The summed E-state index contributed by atoms with van der Waals surface area (Å²) >= 11 is 12.1. The molecule has 0 atom stereocenters. The van der Waals surface area contributed by atoms with Crippen LogP contribution < -0.4 is 5.32 Å². The summed E-state index contributed by atoms with van der Waals surface area (Å²) in [5, 5.41) is 10.7.